The molecule has 0 bridgehead atoms. The third-order valence-corrected chi connectivity index (χ3v) is 5.11. The molecule has 0 aromatic carbocycles. The minimum absolute atomic E-state index is 0.0508. The summed E-state index contributed by atoms with van der Waals surface area (Å²) in [6.07, 6.45) is 1.78. The van der Waals surface area contributed by atoms with Crippen molar-refractivity contribution in [2.75, 3.05) is 38.5 Å². The highest BCUT2D eigenvalue weighted by Crippen LogP contribution is 2.18. The molecule has 1 amide bonds. The van der Waals surface area contributed by atoms with E-state index in [1.165, 1.54) is 0 Å². The summed E-state index contributed by atoms with van der Waals surface area (Å²) in [5.41, 5.74) is 0. The van der Waals surface area contributed by atoms with Gasteiger partial charge in [-0.15, -0.1) is 0 Å². The number of carbonyl (C=O) groups excluding carboxylic acids is 1. The molecule has 0 atom stereocenters. The summed E-state index contributed by atoms with van der Waals surface area (Å²) >= 11 is 0. The largest absolute Gasteiger partial charge is 0.355 e. The molecule has 6 nitrogen and oxygen atoms in total. The maximum atomic E-state index is 12.0. The van der Waals surface area contributed by atoms with E-state index in [0.29, 0.717) is 12.5 Å². The van der Waals surface area contributed by atoms with Crippen LogP contribution in [-0.4, -0.2) is 57.7 Å². The van der Waals surface area contributed by atoms with Crippen molar-refractivity contribution in [1.82, 2.24) is 14.9 Å². The molecule has 0 unspecified atom stereocenters. The molecule has 1 aliphatic heterocycles. The summed E-state index contributed by atoms with van der Waals surface area (Å²) in [5, 5.41) is 2.82. The highest BCUT2D eigenvalue weighted by Gasteiger charge is 2.24. The zero-order valence-electron chi connectivity index (χ0n) is 13.4. The predicted molar refractivity (Wildman–Crippen MR) is 84.5 cm³/mol. The molecule has 2 N–H and O–H groups in total. The fraction of sp³-hybridized carbons (Fsp3) is 0.929. The lowest BCUT2D eigenvalue weighted by Crippen LogP contribution is -2.43. The van der Waals surface area contributed by atoms with E-state index >= 15 is 0 Å². The molecule has 0 aromatic heterocycles. The lowest BCUT2D eigenvalue weighted by molar-refractivity contribution is -0.126. The van der Waals surface area contributed by atoms with Gasteiger partial charge in [0.2, 0.25) is 15.9 Å². The monoisotopic (exact) mass is 319 g/mol. The lowest BCUT2D eigenvalue weighted by atomic mass is 9.95. The number of amides is 1. The second kappa shape index (κ2) is 8.70. The van der Waals surface area contributed by atoms with Gasteiger partial charge < -0.3 is 10.2 Å². The van der Waals surface area contributed by atoms with Gasteiger partial charge in [-0.05, 0) is 38.8 Å². The van der Waals surface area contributed by atoms with E-state index in [1.54, 1.807) is 6.92 Å². The first-order valence-electron chi connectivity index (χ1n) is 7.81. The quantitative estimate of drug-likeness (QED) is 0.635. The normalized spacial score (nSPS) is 18.1. The summed E-state index contributed by atoms with van der Waals surface area (Å²) in [6.45, 7) is 9.64. The van der Waals surface area contributed by atoms with Gasteiger partial charge in [0.1, 0.15) is 0 Å². The molecule has 124 valence electrons. The smallest absolute Gasteiger partial charge is 0.223 e. The van der Waals surface area contributed by atoms with E-state index in [4.69, 9.17) is 0 Å². The Labute approximate surface area is 128 Å². The van der Waals surface area contributed by atoms with Crippen molar-refractivity contribution >= 4 is 15.9 Å². The number of carbonyl (C=O) groups is 1. The van der Waals surface area contributed by atoms with Crippen LogP contribution in [0, 0.1) is 11.8 Å². The van der Waals surface area contributed by atoms with Gasteiger partial charge in [-0.3, -0.25) is 4.79 Å². The number of likely N-dealkylation sites (tertiary alicyclic amines) is 1. The van der Waals surface area contributed by atoms with Crippen LogP contribution in [0.4, 0.5) is 0 Å². The van der Waals surface area contributed by atoms with Crippen molar-refractivity contribution in [1.29, 1.82) is 0 Å². The molecule has 7 heteroatoms. The molecule has 0 saturated carbocycles. The molecule has 1 rings (SSSR count). The van der Waals surface area contributed by atoms with Crippen LogP contribution in [0.15, 0.2) is 0 Å². The van der Waals surface area contributed by atoms with Crippen molar-refractivity contribution in [2.45, 2.75) is 33.6 Å². The molecule has 1 saturated heterocycles. The Morgan fingerprint density at radius 2 is 1.86 bits per heavy atom. The van der Waals surface area contributed by atoms with Crippen LogP contribution in [0.3, 0.4) is 0 Å². The number of hydrogen-bond donors (Lipinski definition) is 2. The topological polar surface area (TPSA) is 78.5 Å². The van der Waals surface area contributed by atoms with Crippen LogP contribution in [0.25, 0.3) is 0 Å². The highest BCUT2D eigenvalue weighted by molar-refractivity contribution is 7.89. The summed E-state index contributed by atoms with van der Waals surface area (Å²) in [6, 6.07) is 0. The van der Waals surface area contributed by atoms with Crippen molar-refractivity contribution in [3.05, 3.63) is 0 Å². The molecular weight excluding hydrogens is 290 g/mol. The third-order valence-electron chi connectivity index (χ3n) is 3.71. The fourth-order valence-corrected chi connectivity index (χ4v) is 3.15. The van der Waals surface area contributed by atoms with E-state index in [2.05, 4.69) is 28.8 Å². The molecule has 1 heterocycles. The molecule has 0 aliphatic carbocycles. The van der Waals surface area contributed by atoms with Crippen LogP contribution in [-0.2, 0) is 14.8 Å². The predicted octanol–water partition coefficient (Wildman–Crippen LogP) is 0.410. The van der Waals surface area contributed by atoms with Gasteiger partial charge >= 0.3 is 0 Å². The summed E-state index contributed by atoms with van der Waals surface area (Å²) in [4.78, 5) is 14.4. The van der Waals surface area contributed by atoms with E-state index in [9.17, 15) is 13.2 Å². The van der Waals surface area contributed by atoms with Gasteiger partial charge in [0.15, 0.2) is 0 Å². The van der Waals surface area contributed by atoms with Crippen LogP contribution >= 0.6 is 0 Å². The van der Waals surface area contributed by atoms with Gasteiger partial charge in [0.25, 0.3) is 0 Å². The number of piperidine rings is 1. The standard InChI is InChI=1S/C14H29N3O3S/c1-4-21(19,20)16-8-7-15-14(18)13-5-9-17(10-6-13)11-12(2)3/h12-13,16H,4-11H2,1-3H3,(H,15,18). The fourth-order valence-electron chi connectivity index (χ4n) is 2.53. The molecule has 1 fully saturated rings. The molecule has 0 spiro atoms. The maximum absolute atomic E-state index is 12.0. The molecule has 1 aliphatic rings. The number of hydrogen-bond acceptors (Lipinski definition) is 4. The van der Waals surface area contributed by atoms with Crippen LogP contribution in [0.5, 0.6) is 0 Å². The Balaban J connectivity index is 2.19. The van der Waals surface area contributed by atoms with Gasteiger partial charge in [-0.25, -0.2) is 13.1 Å². The van der Waals surface area contributed by atoms with Crippen molar-refractivity contribution in [3.63, 3.8) is 0 Å². The highest BCUT2D eigenvalue weighted by atomic mass is 32.2. The molecule has 0 radical (unpaired) electrons. The first kappa shape index (κ1) is 18.4. The van der Waals surface area contributed by atoms with Crippen LogP contribution in [0.2, 0.25) is 0 Å². The second-order valence-electron chi connectivity index (χ2n) is 6.06. The van der Waals surface area contributed by atoms with Crippen molar-refractivity contribution in [2.24, 2.45) is 11.8 Å². The first-order chi connectivity index (χ1) is 9.84. The van der Waals surface area contributed by atoms with Crippen molar-refractivity contribution < 1.29 is 13.2 Å². The summed E-state index contributed by atoms with van der Waals surface area (Å²) < 4.78 is 24.9. The van der Waals surface area contributed by atoms with Gasteiger partial charge in [0, 0.05) is 25.6 Å². The Morgan fingerprint density at radius 3 is 2.38 bits per heavy atom. The maximum Gasteiger partial charge on any atom is 0.223 e. The minimum atomic E-state index is -3.17. The Kier molecular flexibility index (Phi) is 7.62. The summed E-state index contributed by atoms with van der Waals surface area (Å²) in [7, 11) is -3.17. The molecule has 0 aromatic rings. The lowest BCUT2D eigenvalue weighted by Gasteiger charge is -2.32. The van der Waals surface area contributed by atoms with Crippen LogP contribution in [0.1, 0.15) is 33.6 Å². The zero-order valence-corrected chi connectivity index (χ0v) is 14.2. The molecule has 21 heavy (non-hydrogen) atoms. The van der Waals surface area contributed by atoms with E-state index in [-0.39, 0.29) is 24.1 Å². The Morgan fingerprint density at radius 1 is 1.24 bits per heavy atom. The number of sulfonamides is 1. The summed E-state index contributed by atoms with van der Waals surface area (Å²) in [5.74, 6) is 0.836. The zero-order chi connectivity index (χ0) is 15.9. The van der Waals surface area contributed by atoms with Gasteiger partial charge in [-0.2, -0.15) is 0 Å². The Hall–Kier alpha value is -0.660. The van der Waals surface area contributed by atoms with E-state index in [1.807, 2.05) is 0 Å². The number of rotatable bonds is 8. The average Bonchev–Trinajstić information content (AvgIpc) is 2.43. The second-order valence-corrected chi connectivity index (χ2v) is 8.15. The number of nitrogens with zero attached hydrogens (tertiary/aromatic N) is 1. The van der Waals surface area contributed by atoms with Gasteiger partial charge in [0.05, 0.1) is 5.75 Å². The Bertz CT molecular complexity index is 415. The first-order valence-corrected chi connectivity index (χ1v) is 9.46. The SMILES string of the molecule is CCS(=O)(=O)NCCNC(=O)C1CCN(CC(C)C)CC1. The third kappa shape index (κ3) is 7.24. The minimum Gasteiger partial charge on any atom is -0.355 e. The van der Waals surface area contributed by atoms with Gasteiger partial charge in [-0.1, -0.05) is 13.8 Å². The average molecular weight is 319 g/mol. The number of nitrogens with one attached hydrogen (secondary N) is 2. The van der Waals surface area contributed by atoms with Crippen molar-refractivity contribution in [3.8, 4) is 0 Å². The van der Waals surface area contributed by atoms with E-state index < -0.39 is 10.0 Å². The van der Waals surface area contributed by atoms with Crippen LogP contribution < -0.4 is 10.0 Å². The molecular formula is C14H29N3O3S. The van der Waals surface area contributed by atoms with E-state index in [0.717, 1.165) is 32.5 Å².